The summed E-state index contributed by atoms with van der Waals surface area (Å²) in [5, 5.41) is 4.97. The molecule has 0 aliphatic carbocycles. The van der Waals surface area contributed by atoms with E-state index in [2.05, 4.69) is 5.32 Å². The molecule has 26 heavy (non-hydrogen) atoms. The number of nitrogens with one attached hydrogen (secondary N) is 1. The van der Waals surface area contributed by atoms with Crippen LogP contribution in [0.3, 0.4) is 0 Å². The van der Waals surface area contributed by atoms with Gasteiger partial charge in [-0.25, -0.2) is 8.42 Å². The third kappa shape index (κ3) is 5.16. The molecule has 0 aliphatic rings. The van der Waals surface area contributed by atoms with Crippen LogP contribution in [0.25, 0.3) is 0 Å². The highest BCUT2D eigenvalue weighted by Gasteiger charge is 2.21. The number of hydrogen-bond donors (Lipinski definition) is 1. The number of aryl methyl sites for hydroxylation is 1. The number of rotatable bonds is 9. The molecular formula is C19H26N2O3S2. The molecule has 1 heterocycles. The molecule has 7 heteroatoms. The number of amides is 1. The van der Waals surface area contributed by atoms with Gasteiger partial charge < -0.3 is 5.32 Å². The van der Waals surface area contributed by atoms with Gasteiger partial charge in [-0.15, -0.1) is 11.3 Å². The van der Waals surface area contributed by atoms with E-state index < -0.39 is 10.0 Å². The Bertz CT molecular complexity index is 796. The van der Waals surface area contributed by atoms with Crippen LogP contribution in [-0.2, 0) is 21.2 Å². The van der Waals surface area contributed by atoms with Crippen molar-refractivity contribution in [2.45, 2.75) is 44.6 Å². The van der Waals surface area contributed by atoms with Gasteiger partial charge in [0.25, 0.3) is 0 Å². The molecular weight excluding hydrogens is 368 g/mol. The van der Waals surface area contributed by atoms with E-state index in [9.17, 15) is 13.2 Å². The van der Waals surface area contributed by atoms with Crippen molar-refractivity contribution in [1.82, 2.24) is 9.62 Å². The Balaban J connectivity index is 1.97. The Hall–Kier alpha value is -1.70. The maximum atomic E-state index is 12.5. The van der Waals surface area contributed by atoms with E-state index >= 15 is 0 Å². The Morgan fingerprint density at radius 2 is 1.81 bits per heavy atom. The van der Waals surface area contributed by atoms with Crippen LogP contribution in [0.4, 0.5) is 0 Å². The second-order valence-electron chi connectivity index (χ2n) is 6.03. The summed E-state index contributed by atoms with van der Waals surface area (Å²) in [6.07, 6.45) is 1.18. The Morgan fingerprint density at radius 3 is 2.35 bits per heavy atom. The summed E-state index contributed by atoms with van der Waals surface area (Å²) in [6.45, 7) is 6.43. The van der Waals surface area contributed by atoms with Gasteiger partial charge in [-0.05, 0) is 42.5 Å². The van der Waals surface area contributed by atoms with Crippen molar-refractivity contribution < 1.29 is 13.2 Å². The zero-order chi connectivity index (χ0) is 19.2. The summed E-state index contributed by atoms with van der Waals surface area (Å²) in [4.78, 5) is 13.6. The van der Waals surface area contributed by atoms with Gasteiger partial charge >= 0.3 is 0 Å². The largest absolute Gasteiger partial charge is 0.350 e. The molecule has 0 aliphatic heterocycles. The minimum atomic E-state index is -3.45. The fraction of sp³-hybridized carbons (Fsp3) is 0.421. The van der Waals surface area contributed by atoms with Gasteiger partial charge in [0, 0.05) is 24.4 Å². The zero-order valence-electron chi connectivity index (χ0n) is 15.4. The van der Waals surface area contributed by atoms with Crippen LogP contribution in [0.1, 0.15) is 43.7 Å². The fourth-order valence-corrected chi connectivity index (χ4v) is 4.90. The summed E-state index contributed by atoms with van der Waals surface area (Å²) in [7, 11) is -3.45. The van der Waals surface area contributed by atoms with E-state index in [1.807, 2.05) is 38.3 Å². The second kappa shape index (κ2) is 9.30. The normalized spacial score (nSPS) is 12.9. The van der Waals surface area contributed by atoms with Crippen LogP contribution in [-0.4, -0.2) is 31.7 Å². The Morgan fingerprint density at radius 1 is 1.15 bits per heavy atom. The first-order valence-electron chi connectivity index (χ1n) is 8.80. The zero-order valence-corrected chi connectivity index (χ0v) is 17.1. The first-order valence-corrected chi connectivity index (χ1v) is 11.1. The van der Waals surface area contributed by atoms with Gasteiger partial charge in [-0.3, -0.25) is 4.79 Å². The molecule has 0 bridgehead atoms. The van der Waals surface area contributed by atoms with Crippen LogP contribution >= 0.6 is 11.3 Å². The smallest absolute Gasteiger partial charge is 0.243 e. The molecule has 0 saturated heterocycles. The molecule has 1 amide bonds. The van der Waals surface area contributed by atoms with E-state index in [1.54, 1.807) is 35.6 Å². The number of carbonyl (C=O) groups excluding carboxylic acids is 1. The standard InChI is InChI=1S/C19H26N2O3S2/c1-4-21(5-2)26(23,24)18-11-8-16(9-12-18)15(3)20-19(22)13-10-17-7-6-14-25-17/h6-9,11-12,14-15H,4-5,10,13H2,1-3H3,(H,20,22). The molecule has 0 radical (unpaired) electrons. The molecule has 5 nitrogen and oxygen atoms in total. The van der Waals surface area contributed by atoms with Crippen molar-refractivity contribution in [3.63, 3.8) is 0 Å². The maximum Gasteiger partial charge on any atom is 0.243 e. The van der Waals surface area contributed by atoms with Gasteiger partial charge in [0.05, 0.1) is 10.9 Å². The van der Waals surface area contributed by atoms with Gasteiger partial charge in [-0.1, -0.05) is 32.0 Å². The lowest BCUT2D eigenvalue weighted by Crippen LogP contribution is -2.30. The topological polar surface area (TPSA) is 66.5 Å². The monoisotopic (exact) mass is 394 g/mol. The van der Waals surface area contributed by atoms with Gasteiger partial charge in [0.15, 0.2) is 0 Å². The Kier molecular flexibility index (Phi) is 7.37. The molecule has 1 atom stereocenters. The number of sulfonamides is 1. The predicted octanol–water partition coefficient (Wildman–Crippen LogP) is 3.59. The molecule has 1 aromatic carbocycles. The third-order valence-electron chi connectivity index (χ3n) is 4.28. The van der Waals surface area contributed by atoms with Crippen molar-refractivity contribution in [3.8, 4) is 0 Å². The summed E-state index contributed by atoms with van der Waals surface area (Å²) >= 11 is 1.65. The minimum absolute atomic E-state index is 0.00857. The summed E-state index contributed by atoms with van der Waals surface area (Å²) in [5.74, 6) is -0.00857. The number of nitrogens with zero attached hydrogens (tertiary/aromatic N) is 1. The molecule has 1 unspecified atom stereocenters. The van der Waals surface area contributed by atoms with Crippen LogP contribution in [0, 0.1) is 0 Å². The van der Waals surface area contributed by atoms with E-state index in [0.29, 0.717) is 19.5 Å². The number of carbonyl (C=O) groups is 1. The molecule has 1 aromatic heterocycles. The second-order valence-corrected chi connectivity index (χ2v) is 9.00. The lowest BCUT2D eigenvalue weighted by atomic mass is 10.1. The van der Waals surface area contributed by atoms with E-state index in [0.717, 1.165) is 12.0 Å². The molecule has 2 aromatic rings. The lowest BCUT2D eigenvalue weighted by molar-refractivity contribution is -0.121. The number of benzene rings is 1. The molecule has 142 valence electrons. The maximum absolute atomic E-state index is 12.5. The van der Waals surface area contributed by atoms with Crippen molar-refractivity contribution in [3.05, 3.63) is 52.2 Å². The lowest BCUT2D eigenvalue weighted by Gasteiger charge is -2.19. The van der Waals surface area contributed by atoms with Crippen molar-refractivity contribution >= 4 is 27.3 Å². The van der Waals surface area contributed by atoms with Crippen LogP contribution in [0.2, 0.25) is 0 Å². The average Bonchev–Trinajstić information content (AvgIpc) is 3.14. The van der Waals surface area contributed by atoms with Crippen molar-refractivity contribution in [1.29, 1.82) is 0 Å². The number of hydrogen-bond acceptors (Lipinski definition) is 4. The van der Waals surface area contributed by atoms with Gasteiger partial charge in [-0.2, -0.15) is 4.31 Å². The van der Waals surface area contributed by atoms with E-state index in [-0.39, 0.29) is 16.8 Å². The van der Waals surface area contributed by atoms with Crippen molar-refractivity contribution in [2.75, 3.05) is 13.1 Å². The Labute approximate surface area is 160 Å². The summed E-state index contributed by atoms with van der Waals surface area (Å²) < 4.78 is 26.4. The van der Waals surface area contributed by atoms with Crippen LogP contribution in [0.15, 0.2) is 46.7 Å². The van der Waals surface area contributed by atoms with Crippen LogP contribution < -0.4 is 5.32 Å². The van der Waals surface area contributed by atoms with Crippen molar-refractivity contribution in [2.24, 2.45) is 0 Å². The molecule has 0 saturated carbocycles. The van der Waals surface area contributed by atoms with E-state index in [4.69, 9.17) is 0 Å². The highest BCUT2D eigenvalue weighted by atomic mass is 32.2. The quantitative estimate of drug-likeness (QED) is 0.707. The first kappa shape index (κ1) is 20.6. The third-order valence-corrected chi connectivity index (χ3v) is 7.28. The molecule has 0 fully saturated rings. The molecule has 0 spiro atoms. The molecule has 1 N–H and O–H groups in total. The summed E-state index contributed by atoms with van der Waals surface area (Å²) in [6, 6.07) is 10.6. The molecule has 2 rings (SSSR count). The van der Waals surface area contributed by atoms with E-state index in [1.165, 1.54) is 9.18 Å². The highest BCUT2D eigenvalue weighted by molar-refractivity contribution is 7.89. The van der Waals surface area contributed by atoms with Gasteiger partial charge in [0.2, 0.25) is 15.9 Å². The predicted molar refractivity (Wildman–Crippen MR) is 106 cm³/mol. The average molecular weight is 395 g/mol. The van der Waals surface area contributed by atoms with Crippen LogP contribution in [0.5, 0.6) is 0 Å². The number of thiophene rings is 1. The van der Waals surface area contributed by atoms with Gasteiger partial charge in [0.1, 0.15) is 0 Å². The first-order chi connectivity index (χ1) is 12.4. The fourth-order valence-electron chi connectivity index (χ4n) is 2.73. The minimum Gasteiger partial charge on any atom is -0.350 e. The summed E-state index contributed by atoms with van der Waals surface area (Å²) in [5.41, 5.74) is 0.882. The highest BCUT2D eigenvalue weighted by Crippen LogP contribution is 2.19. The SMILES string of the molecule is CCN(CC)S(=O)(=O)c1ccc(C(C)NC(=O)CCc2cccs2)cc1.